The van der Waals surface area contributed by atoms with Crippen LogP contribution < -0.4 is 0 Å². The lowest BCUT2D eigenvalue weighted by atomic mass is 9.90. The Bertz CT molecular complexity index is 852. The zero-order chi connectivity index (χ0) is 17.4. The lowest BCUT2D eigenvalue weighted by molar-refractivity contribution is -0.385. The topological polar surface area (TPSA) is 132 Å². The van der Waals surface area contributed by atoms with Gasteiger partial charge in [-0.2, -0.15) is 0 Å². The molecule has 0 radical (unpaired) electrons. The summed E-state index contributed by atoms with van der Waals surface area (Å²) < 4.78 is 23.9. The Morgan fingerprint density at radius 1 is 1.30 bits per heavy atom. The van der Waals surface area contributed by atoms with Crippen LogP contribution in [0, 0.1) is 10.1 Å². The van der Waals surface area contributed by atoms with Crippen LogP contribution in [0.3, 0.4) is 0 Å². The lowest BCUT2D eigenvalue weighted by Crippen LogP contribution is -2.13. The van der Waals surface area contributed by atoms with Crippen molar-refractivity contribution in [2.75, 3.05) is 6.26 Å². The van der Waals surface area contributed by atoms with Crippen molar-refractivity contribution in [3.05, 3.63) is 39.4 Å². The minimum atomic E-state index is -3.85. The summed E-state index contributed by atoms with van der Waals surface area (Å²) in [5.41, 5.74) is -1.54. The first-order valence-corrected chi connectivity index (χ1v) is 8.50. The second-order valence-electron chi connectivity index (χ2n) is 5.16. The molecule has 1 aromatic carbocycles. The summed E-state index contributed by atoms with van der Waals surface area (Å²) in [6.45, 7) is 0. The van der Waals surface area contributed by atoms with Gasteiger partial charge in [0, 0.05) is 12.7 Å². The Hall–Kier alpha value is -2.55. The van der Waals surface area contributed by atoms with Crippen LogP contribution in [-0.4, -0.2) is 36.5 Å². The molecule has 0 unspecified atom stereocenters. The fourth-order valence-corrected chi connectivity index (χ4v) is 3.46. The number of hydrogen-bond donors (Lipinski definition) is 1. The number of benzene rings is 1. The van der Waals surface area contributed by atoms with Gasteiger partial charge in [0.1, 0.15) is 5.56 Å². The number of allylic oxidation sites excluding steroid dienone is 2. The van der Waals surface area contributed by atoms with Crippen LogP contribution >= 0.6 is 0 Å². The molecule has 9 heteroatoms. The smallest absolute Gasteiger partial charge is 0.342 e. The van der Waals surface area contributed by atoms with E-state index < -0.39 is 32.0 Å². The molecule has 0 fully saturated rings. The number of aromatic carboxylic acids is 1. The molecule has 0 saturated heterocycles. The molecule has 1 N–H and O–H groups in total. The van der Waals surface area contributed by atoms with Crippen molar-refractivity contribution in [2.24, 2.45) is 0 Å². The highest BCUT2D eigenvalue weighted by Gasteiger charge is 2.32. The third kappa shape index (κ3) is 3.29. The number of carbonyl (C=O) groups excluding carboxylic acids is 1. The van der Waals surface area contributed by atoms with Gasteiger partial charge in [0.15, 0.2) is 15.6 Å². The largest absolute Gasteiger partial charge is 0.477 e. The molecule has 0 spiro atoms. The van der Waals surface area contributed by atoms with E-state index >= 15 is 0 Å². The van der Waals surface area contributed by atoms with Crippen LogP contribution in [-0.2, 0) is 14.6 Å². The minimum Gasteiger partial charge on any atom is -0.477 e. The third-order valence-corrected chi connectivity index (χ3v) is 4.62. The molecular formula is C14H13NO7S. The quantitative estimate of drug-likeness (QED) is 0.653. The predicted octanol–water partition coefficient (Wildman–Crippen LogP) is 1.83. The molecule has 0 amide bonds. The molecule has 8 nitrogen and oxygen atoms in total. The number of hydrogen-bond acceptors (Lipinski definition) is 6. The van der Waals surface area contributed by atoms with E-state index in [9.17, 15) is 28.1 Å². The van der Waals surface area contributed by atoms with E-state index in [-0.39, 0.29) is 34.7 Å². The van der Waals surface area contributed by atoms with Crippen molar-refractivity contribution in [2.45, 2.75) is 24.2 Å². The molecule has 2 rings (SSSR count). The van der Waals surface area contributed by atoms with Gasteiger partial charge >= 0.3 is 5.97 Å². The number of ketones is 1. The highest BCUT2D eigenvalue weighted by Crippen LogP contribution is 2.38. The van der Waals surface area contributed by atoms with E-state index in [0.29, 0.717) is 6.42 Å². The van der Waals surface area contributed by atoms with Crippen molar-refractivity contribution >= 4 is 32.9 Å². The molecule has 0 aromatic heterocycles. The van der Waals surface area contributed by atoms with Crippen molar-refractivity contribution in [3.63, 3.8) is 0 Å². The summed E-state index contributed by atoms with van der Waals surface area (Å²) in [5, 5.41) is 20.5. The molecule has 0 bridgehead atoms. The fraction of sp³-hybridized carbons (Fsp3) is 0.286. The summed E-state index contributed by atoms with van der Waals surface area (Å²) in [4.78, 5) is 33.0. The van der Waals surface area contributed by atoms with Gasteiger partial charge in [-0.3, -0.25) is 14.9 Å². The number of sulfone groups is 1. The Kier molecular flexibility index (Phi) is 4.33. The molecule has 0 heterocycles. The molecule has 1 aliphatic rings. The molecule has 0 saturated carbocycles. The molecule has 1 aliphatic carbocycles. The summed E-state index contributed by atoms with van der Waals surface area (Å²) in [7, 11) is -3.85. The fourth-order valence-electron chi connectivity index (χ4n) is 2.54. The number of nitrogens with zero attached hydrogens (tertiary/aromatic N) is 1. The second-order valence-corrected chi connectivity index (χ2v) is 7.14. The molecule has 0 aliphatic heterocycles. The Balaban J connectivity index is 2.94. The average molecular weight is 339 g/mol. The molecule has 122 valence electrons. The van der Waals surface area contributed by atoms with Gasteiger partial charge in [-0.15, -0.1) is 0 Å². The van der Waals surface area contributed by atoms with Gasteiger partial charge < -0.3 is 5.11 Å². The zero-order valence-electron chi connectivity index (χ0n) is 12.1. The monoisotopic (exact) mass is 339 g/mol. The normalized spacial score (nSPS) is 15.2. The lowest BCUT2D eigenvalue weighted by Gasteiger charge is -2.16. The number of carboxylic acid groups (broad SMARTS) is 1. The van der Waals surface area contributed by atoms with Crippen LogP contribution in [0.5, 0.6) is 0 Å². The highest BCUT2D eigenvalue weighted by atomic mass is 32.2. The van der Waals surface area contributed by atoms with Crippen LogP contribution in [0.25, 0.3) is 5.57 Å². The summed E-state index contributed by atoms with van der Waals surface area (Å²) >= 11 is 0. The van der Waals surface area contributed by atoms with Crippen LogP contribution in [0.1, 0.15) is 35.2 Å². The highest BCUT2D eigenvalue weighted by molar-refractivity contribution is 7.90. The van der Waals surface area contributed by atoms with E-state index in [1.54, 1.807) is 0 Å². The van der Waals surface area contributed by atoms with Crippen molar-refractivity contribution in [1.82, 2.24) is 0 Å². The maximum absolute atomic E-state index is 12.0. The van der Waals surface area contributed by atoms with Gasteiger partial charge in [-0.25, -0.2) is 13.2 Å². The van der Waals surface area contributed by atoms with E-state index in [4.69, 9.17) is 5.11 Å². The summed E-state index contributed by atoms with van der Waals surface area (Å²) in [5.74, 6) is -1.82. The minimum absolute atomic E-state index is 0.177. The maximum atomic E-state index is 12.0. The van der Waals surface area contributed by atoms with E-state index in [1.807, 2.05) is 0 Å². The number of carbonyl (C=O) groups is 2. The van der Waals surface area contributed by atoms with Crippen LogP contribution in [0.4, 0.5) is 5.69 Å². The van der Waals surface area contributed by atoms with Gasteiger partial charge in [0.2, 0.25) is 0 Å². The first-order chi connectivity index (χ1) is 10.6. The third-order valence-electron chi connectivity index (χ3n) is 3.48. The molecule has 0 atom stereocenters. The van der Waals surface area contributed by atoms with Crippen LogP contribution in [0.15, 0.2) is 23.1 Å². The average Bonchev–Trinajstić information content (AvgIpc) is 2.44. The van der Waals surface area contributed by atoms with Crippen molar-refractivity contribution < 1.29 is 28.0 Å². The molecule has 23 heavy (non-hydrogen) atoms. The van der Waals surface area contributed by atoms with Gasteiger partial charge in [0.25, 0.3) is 5.69 Å². The van der Waals surface area contributed by atoms with E-state index in [0.717, 1.165) is 24.5 Å². The van der Waals surface area contributed by atoms with Gasteiger partial charge in [0.05, 0.1) is 15.4 Å². The van der Waals surface area contributed by atoms with Gasteiger partial charge in [-0.1, -0.05) is 0 Å². The van der Waals surface area contributed by atoms with Crippen molar-refractivity contribution in [1.29, 1.82) is 0 Å². The number of carboxylic acids is 1. The maximum Gasteiger partial charge on any atom is 0.342 e. The van der Waals surface area contributed by atoms with Crippen LogP contribution in [0.2, 0.25) is 0 Å². The number of nitro groups is 1. The molecular weight excluding hydrogens is 326 g/mol. The SMILES string of the molecule is CS(=O)(=O)c1ccc(C(=O)O)c([N+](=O)[O-])c1C1=CC(=O)CCC1. The number of rotatable bonds is 4. The Labute approximate surface area is 131 Å². The second kappa shape index (κ2) is 5.92. The Morgan fingerprint density at radius 3 is 2.43 bits per heavy atom. The van der Waals surface area contributed by atoms with E-state index in [2.05, 4.69) is 0 Å². The van der Waals surface area contributed by atoms with Gasteiger partial charge in [-0.05, 0) is 36.6 Å². The van der Waals surface area contributed by atoms with Crippen molar-refractivity contribution in [3.8, 4) is 0 Å². The standard InChI is InChI=1S/C14H13NO7S/c1-23(21,22)11-6-5-10(14(17)18)13(15(19)20)12(11)8-3-2-4-9(16)7-8/h5-7H,2-4H2,1H3,(H,17,18). The summed E-state index contributed by atoms with van der Waals surface area (Å²) in [6, 6.07) is 1.92. The first kappa shape index (κ1) is 16.8. The first-order valence-electron chi connectivity index (χ1n) is 6.61. The zero-order valence-corrected chi connectivity index (χ0v) is 12.9. The predicted molar refractivity (Wildman–Crippen MR) is 80.0 cm³/mol. The Morgan fingerprint density at radius 2 is 1.96 bits per heavy atom. The summed E-state index contributed by atoms with van der Waals surface area (Å²) in [6.07, 6.45) is 2.98. The number of nitro benzene ring substituents is 1. The van der Waals surface area contributed by atoms with E-state index in [1.165, 1.54) is 0 Å². The molecule has 1 aromatic rings.